The maximum Gasteiger partial charge on any atom is 0.236 e. The second-order valence-electron chi connectivity index (χ2n) is 5.63. The molecule has 21 heavy (non-hydrogen) atoms. The van der Waals surface area contributed by atoms with Crippen molar-refractivity contribution >= 4 is 21.2 Å². The smallest absolute Gasteiger partial charge is 0.236 e. The van der Waals surface area contributed by atoms with Gasteiger partial charge in [-0.1, -0.05) is 6.07 Å². The van der Waals surface area contributed by atoms with E-state index in [1.165, 1.54) is 6.26 Å². The van der Waals surface area contributed by atoms with Crippen molar-refractivity contribution in [3.05, 3.63) is 29.0 Å². The quantitative estimate of drug-likeness (QED) is 0.882. The Labute approximate surface area is 129 Å². The number of oxazole rings is 1. The molecule has 0 bridgehead atoms. The van der Waals surface area contributed by atoms with Crippen molar-refractivity contribution in [1.29, 1.82) is 0 Å². The molecular formula is C14H20N2O3S2. The summed E-state index contributed by atoms with van der Waals surface area (Å²) in [6, 6.07) is 3.91. The van der Waals surface area contributed by atoms with E-state index < -0.39 is 14.6 Å². The Kier molecular flexibility index (Phi) is 4.55. The lowest BCUT2D eigenvalue weighted by molar-refractivity contribution is 0.514. The predicted octanol–water partition coefficient (Wildman–Crippen LogP) is 2.62. The zero-order valence-corrected chi connectivity index (χ0v) is 14.3. The predicted molar refractivity (Wildman–Crippen MR) is 85.2 cm³/mol. The van der Waals surface area contributed by atoms with Crippen LogP contribution in [0.4, 0.5) is 0 Å². The minimum atomic E-state index is -3.10. The van der Waals surface area contributed by atoms with Gasteiger partial charge in [-0.3, -0.25) is 0 Å². The second kappa shape index (κ2) is 5.90. The topological polar surface area (TPSA) is 72.2 Å². The van der Waals surface area contributed by atoms with Gasteiger partial charge in [0.15, 0.2) is 9.84 Å². The first-order chi connectivity index (χ1) is 9.71. The van der Waals surface area contributed by atoms with Gasteiger partial charge < -0.3 is 9.73 Å². The highest BCUT2D eigenvalue weighted by Gasteiger charge is 2.29. The van der Waals surface area contributed by atoms with Gasteiger partial charge in [-0.15, -0.1) is 11.3 Å². The van der Waals surface area contributed by atoms with Crippen LogP contribution in [-0.4, -0.2) is 30.9 Å². The number of thiophene rings is 1. The first-order valence-electron chi connectivity index (χ1n) is 6.61. The number of aryl methyl sites for hydroxylation is 1. The molecule has 0 aromatic carbocycles. The molecule has 0 unspecified atom stereocenters. The summed E-state index contributed by atoms with van der Waals surface area (Å²) in [6.45, 7) is 6.14. The fourth-order valence-corrected chi connectivity index (χ4v) is 2.72. The molecule has 0 aliphatic rings. The van der Waals surface area contributed by atoms with Crippen molar-refractivity contribution < 1.29 is 12.8 Å². The Morgan fingerprint density at radius 1 is 1.43 bits per heavy atom. The average Bonchev–Trinajstić information content (AvgIpc) is 2.97. The van der Waals surface area contributed by atoms with Crippen LogP contribution in [0.2, 0.25) is 0 Å². The first-order valence-corrected chi connectivity index (χ1v) is 9.38. The molecule has 0 aliphatic carbocycles. The van der Waals surface area contributed by atoms with Gasteiger partial charge in [0, 0.05) is 19.3 Å². The lowest BCUT2D eigenvalue weighted by Gasteiger charge is -2.22. The van der Waals surface area contributed by atoms with Crippen LogP contribution in [0.5, 0.6) is 0 Å². The molecule has 0 radical (unpaired) electrons. The molecule has 0 saturated heterocycles. The number of aromatic nitrogens is 1. The SMILES string of the molecule is Cc1oc(-c2cccs2)nc1CNCC(C)(C)S(C)(=O)=O. The standard InChI is InChI=1S/C14H20N2O3S2/c1-10-11(8-15-9-14(2,3)21(4,17)18)16-13(19-10)12-6-5-7-20-12/h5-7,15H,8-9H2,1-4H3. The summed E-state index contributed by atoms with van der Waals surface area (Å²) in [7, 11) is -3.10. The fraction of sp³-hybridized carbons (Fsp3) is 0.500. The first kappa shape index (κ1) is 16.2. The minimum Gasteiger partial charge on any atom is -0.440 e. The fourth-order valence-electron chi connectivity index (χ4n) is 1.71. The number of nitrogens with one attached hydrogen (secondary N) is 1. The van der Waals surface area contributed by atoms with E-state index in [0.29, 0.717) is 19.0 Å². The van der Waals surface area contributed by atoms with E-state index in [9.17, 15) is 8.42 Å². The van der Waals surface area contributed by atoms with Crippen molar-refractivity contribution in [2.24, 2.45) is 0 Å². The highest BCUT2D eigenvalue weighted by Crippen LogP contribution is 2.25. The molecule has 7 heteroatoms. The molecule has 116 valence electrons. The van der Waals surface area contributed by atoms with E-state index >= 15 is 0 Å². The van der Waals surface area contributed by atoms with Crippen LogP contribution in [0, 0.1) is 6.92 Å². The highest BCUT2D eigenvalue weighted by molar-refractivity contribution is 7.92. The lowest BCUT2D eigenvalue weighted by atomic mass is 10.2. The Morgan fingerprint density at radius 3 is 2.71 bits per heavy atom. The van der Waals surface area contributed by atoms with Crippen LogP contribution in [-0.2, 0) is 16.4 Å². The number of hydrogen-bond donors (Lipinski definition) is 1. The number of hydrogen-bond acceptors (Lipinski definition) is 6. The summed E-state index contributed by atoms with van der Waals surface area (Å²) in [5, 5.41) is 5.12. The van der Waals surface area contributed by atoms with E-state index in [0.717, 1.165) is 16.3 Å². The maximum atomic E-state index is 11.6. The Balaban J connectivity index is 2.02. The zero-order chi connectivity index (χ0) is 15.7. The van der Waals surface area contributed by atoms with Gasteiger partial charge in [-0.05, 0) is 32.2 Å². The molecule has 1 N–H and O–H groups in total. The van der Waals surface area contributed by atoms with Gasteiger partial charge in [-0.2, -0.15) is 0 Å². The summed E-state index contributed by atoms with van der Waals surface area (Å²) >= 11 is 1.57. The average molecular weight is 328 g/mol. The Morgan fingerprint density at radius 2 is 2.14 bits per heavy atom. The third kappa shape index (κ3) is 3.72. The van der Waals surface area contributed by atoms with Crippen LogP contribution in [0.25, 0.3) is 10.8 Å². The second-order valence-corrected chi connectivity index (χ2v) is 9.23. The van der Waals surface area contributed by atoms with Crippen LogP contribution in [0.1, 0.15) is 25.3 Å². The lowest BCUT2D eigenvalue weighted by Crippen LogP contribution is -2.41. The van der Waals surface area contributed by atoms with E-state index in [1.54, 1.807) is 25.2 Å². The van der Waals surface area contributed by atoms with Gasteiger partial charge in [0.05, 0.1) is 15.3 Å². The molecule has 2 aromatic rings. The largest absolute Gasteiger partial charge is 0.440 e. The molecule has 0 saturated carbocycles. The molecule has 2 aromatic heterocycles. The molecule has 0 aliphatic heterocycles. The van der Waals surface area contributed by atoms with E-state index in [4.69, 9.17) is 4.42 Å². The maximum absolute atomic E-state index is 11.6. The van der Waals surface area contributed by atoms with E-state index in [1.807, 2.05) is 24.4 Å². The van der Waals surface area contributed by atoms with Gasteiger partial charge in [0.1, 0.15) is 5.76 Å². The van der Waals surface area contributed by atoms with E-state index in [2.05, 4.69) is 10.3 Å². The molecule has 5 nitrogen and oxygen atoms in total. The molecular weight excluding hydrogens is 308 g/mol. The monoisotopic (exact) mass is 328 g/mol. The third-order valence-corrected chi connectivity index (χ3v) is 6.48. The molecule has 0 fully saturated rings. The van der Waals surface area contributed by atoms with Gasteiger partial charge in [-0.25, -0.2) is 13.4 Å². The summed E-state index contributed by atoms with van der Waals surface area (Å²) < 4.78 is 28.1. The minimum absolute atomic E-state index is 0.368. The van der Waals surface area contributed by atoms with Crippen molar-refractivity contribution in [2.45, 2.75) is 32.1 Å². The molecule has 2 rings (SSSR count). The zero-order valence-electron chi connectivity index (χ0n) is 12.6. The van der Waals surface area contributed by atoms with Gasteiger partial charge in [0.2, 0.25) is 5.89 Å². The summed E-state index contributed by atoms with van der Waals surface area (Å²) in [5.74, 6) is 1.37. The van der Waals surface area contributed by atoms with Crippen molar-refractivity contribution in [2.75, 3.05) is 12.8 Å². The Hall–Kier alpha value is -1.18. The van der Waals surface area contributed by atoms with Crippen molar-refractivity contribution in [1.82, 2.24) is 10.3 Å². The van der Waals surface area contributed by atoms with Gasteiger partial charge in [0.25, 0.3) is 0 Å². The Bertz CT molecular complexity index is 701. The molecule has 0 atom stereocenters. The normalized spacial score (nSPS) is 12.8. The summed E-state index contributed by atoms with van der Waals surface area (Å²) in [5.41, 5.74) is 0.808. The number of sulfone groups is 1. The van der Waals surface area contributed by atoms with Crippen molar-refractivity contribution in [3.8, 4) is 10.8 Å². The summed E-state index contributed by atoms with van der Waals surface area (Å²) in [6.07, 6.45) is 1.25. The van der Waals surface area contributed by atoms with Crippen LogP contribution >= 0.6 is 11.3 Å². The molecule has 2 heterocycles. The molecule has 0 spiro atoms. The highest BCUT2D eigenvalue weighted by atomic mass is 32.2. The third-order valence-electron chi connectivity index (χ3n) is 3.47. The van der Waals surface area contributed by atoms with Crippen LogP contribution in [0.15, 0.2) is 21.9 Å². The van der Waals surface area contributed by atoms with Crippen molar-refractivity contribution in [3.63, 3.8) is 0 Å². The van der Waals surface area contributed by atoms with Crippen LogP contribution < -0.4 is 5.32 Å². The number of nitrogens with zero attached hydrogens (tertiary/aromatic N) is 1. The van der Waals surface area contributed by atoms with Crippen LogP contribution in [0.3, 0.4) is 0 Å². The molecule has 0 amide bonds. The van der Waals surface area contributed by atoms with E-state index in [-0.39, 0.29) is 0 Å². The van der Waals surface area contributed by atoms with Gasteiger partial charge >= 0.3 is 0 Å². The number of rotatable bonds is 6. The summed E-state index contributed by atoms with van der Waals surface area (Å²) in [4.78, 5) is 5.45.